The SMILES string of the molecule is CC(C)CCN(C(C)CC(C)(CO)NC1CC1)C1CC1. The first-order chi connectivity index (χ1) is 9.43. The van der Waals surface area contributed by atoms with Gasteiger partial charge in [0.25, 0.3) is 0 Å². The molecule has 2 rings (SSSR count). The number of nitrogens with one attached hydrogen (secondary N) is 1. The van der Waals surface area contributed by atoms with Gasteiger partial charge in [0.05, 0.1) is 6.61 Å². The van der Waals surface area contributed by atoms with E-state index < -0.39 is 0 Å². The van der Waals surface area contributed by atoms with Gasteiger partial charge < -0.3 is 10.4 Å². The van der Waals surface area contributed by atoms with E-state index in [1.165, 1.54) is 38.6 Å². The van der Waals surface area contributed by atoms with Crippen molar-refractivity contribution in [3.8, 4) is 0 Å². The van der Waals surface area contributed by atoms with Crippen molar-refractivity contribution >= 4 is 0 Å². The molecule has 0 aliphatic heterocycles. The molecule has 0 amide bonds. The fraction of sp³-hybridized carbons (Fsp3) is 1.00. The summed E-state index contributed by atoms with van der Waals surface area (Å²) in [5.41, 5.74) is -0.106. The number of hydrogen-bond acceptors (Lipinski definition) is 3. The summed E-state index contributed by atoms with van der Waals surface area (Å²) in [6, 6.07) is 2.03. The lowest BCUT2D eigenvalue weighted by molar-refractivity contribution is 0.106. The van der Waals surface area contributed by atoms with E-state index in [1.807, 2.05) is 0 Å². The minimum atomic E-state index is -0.106. The Morgan fingerprint density at radius 2 is 1.85 bits per heavy atom. The molecule has 2 fully saturated rings. The predicted octanol–water partition coefficient (Wildman–Crippen LogP) is 2.78. The lowest BCUT2D eigenvalue weighted by Gasteiger charge is -2.37. The molecule has 0 aromatic heterocycles. The molecule has 0 radical (unpaired) electrons. The van der Waals surface area contributed by atoms with Crippen LogP contribution in [0.2, 0.25) is 0 Å². The Kier molecular flexibility index (Phi) is 5.49. The zero-order chi connectivity index (χ0) is 14.8. The first-order valence-electron chi connectivity index (χ1n) is 8.58. The first kappa shape index (κ1) is 16.3. The molecule has 3 heteroatoms. The molecular formula is C17H34N2O. The third-order valence-electron chi connectivity index (χ3n) is 4.77. The quantitative estimate of drug-likeness (QED) is 0.647. The predicted molar refractivity (Wildman–Crippen MR) is 84.9 cm³/mol. The molecule has 2 saturated carbocycles. The molecule has 0 aromatic carbocycles. The first-order valence-corrected chi connectivity index (χ1v) is 8.58. The third kappa shape index (κ3) is 5.01. The molecule has 2 unspecified atom stereocenters. The molecule has 2 aliphatic rings. The van der Waals surface area contributed by atoms with Crippen molar-refractivity contribution in [1.82, 2.24) is 10.2 Å². The van der Waals surface area contributed by atoms with Crippen molar-refractivity contribution in [1.29, 1.82) is 0 Å². The van der Waals surface area contributed by atoms with Crippen LogP contribution in [-0.2, 0) is 0 Å². The number of aliphatic hydroxyl groups excluding tert-OH is 1. The summed E-state index contributed by atoms with van der Waals surface area (Å²) >= 11 is 0. The van der Waals surface area contributed by atoms with Crippen LogP contribution in [0.15, 0.2) is 0 Å². The summed E-state index contributed by atoms with van der Waals surface area (Å²) in [5, 5.41) is 13.4. The van der Waals surface area contributed by atoms with Gasteiger partial charge in [0, 0.05) is 23.7 Å². The van der Waals surface area contributed by atoms with E-state index in [1.54, 1.807) is 0 Å². The van der Waals surface area contributed by atoms with Crippen LogP contribution in [0.25, 0.3) is 0 Å². The van der Waals surface area contributed by atoms with E-state index in [4.69, 9.17) is 0 Å². The third-order valence-corrected chi connectivity index (χ3v) is 4.77. The summed E-state index contributed by atoms with van der Waals surface area (Å²) < 4.78 is 0. The Hall–Kier alpha value is -0.120. The fourth-order valence-electron chi connectivity index (χ4n) is 3.24. The van der Waals surface area contributed by atoms with E-state index in [-0.39, 0.29) is 12.1 Å². The highest BCUT2D eigenvalue weighted by Gasteiger charge is 2.37. The highest BCUT2D eigenvalue weighted by Crippen LogP contribution is 2.32. The molecular weight excluding hydrogens is 248 g/mol. The van der Waals surface area contributed by atoms with Gasteiger partial charge in [-0.2, -0.15) is 0 Å². The van der Waals surface area contributed by atoms with E-state index in [9.17, 15) is 5.11 Å². The van der Waals surface area contributed by atoms with E-state index >= 15 is 0 Å². The van der Waals surface area contributed by atoms with Gasteiger partial charge >= 0.3 is 0 Å². The summed E-state index contributed by atoms with van der Waals surface area (Å²) in [6.07, 6.45) is 7.64. The van der Waals surface area contributed by atoms with Gasteiger partial charge in [0.2, 0.25) is 0 Å². The Balaban J connectivity index is 1.86. The van der Waals surface area contributed by atoms with Gasteiger partial charge in [-0.1, -0.05) is 13.8 Å². The van der Waals surface area contributed by atoms with Crippen molar-refractivity contribution in [3.05, 3.63) is 0 Å². The molecule has 20 heavy (non-hydrogen) atoms. The molecule has 0 spiro atoms. The van der Waals surface area contributed by atoms with Crippen molar-refractivity contribution in [3.63, 3.8) is 0 Å². The molecule has 0 aromatic rings. The van der Waals surface area contributed by atoms with Gasteiger partial charge in [-0.05, 0) is 64.8 Å². The Bertz CT molecular complexity index is 299. The normalized spacial score (nSPS) is 24.1. The van der Waals surface area contributed by atoms with Crippen molar-refractivity contribution in [2.45, 2.75) is 89.9 Å². The minimum Gasteiger partial charge on any atom is -0.394 e. The summed E-state index contributed by atoms with van der Waals surface area (Å²) in [6.45, 7) is 10.6. The number of nitrogens with zero attached hydrogens (tertiary/aromatic N) is 1. The standard InChI is InChI=1S/C17H34N2O/c1-13(2)9-10-19(16-7-8-16)14(3)11-17(4,12-20)18-15-5-6-15/h13-16,18,20H,5-12H2,1-4H3. The average molecular weight is 282 g/mol. The maximum Gasteiger partial charge on any atom is 0.0611 e. The summed E-state index contributed by atoms with van der Waals surface area (Å²) in [5.74, 6) is 0.775. The second-order valence-electron chi connectivity index (χ2n) is 7.84. The molecule has 118 valence electrons. The zero-order valence-corrected chi connectivity index (χ0v) is 13.9. The monoisotopic (exact) mass is 282 g/mol. The second kappa shape index (κ2) is 6.76. The zero-order valence-electron chi connectivity index (χ0n) is 13.9. The van der Waals surface area contributed by atoms with Gasteiger partial charge in [-0.3, -0.25) is 4.90 Å². The maximum atomic E-state index is 9.78. The topological polar surface area (TPSA) is 35.5 Å². The molecule has 0 bridgehead atoms. The fourth-order valence-corrected chi connectivity index (χ4v) is 3.24. The number of aliphatic hydroxyl groups is 1. The summed E-state index contributed by atoms with van der Waals surface area (Å²) in [7, 11) is 0. The van der Waals surface area contributed by atoms with Crippen LogP contribution in [0.4, 0.5) is 0 Å². The highest BCUT2D eigenvalue weighted by molar-refractivity contribution is 4.96. The van der Waals surface area contributed by atoms with Crippen LogP contribution >= 0.6 is 0 Å². The smallest absolute Gasteiger partial charge is 0.0611 e. The molecule has 3 nitrogen and oxygen atoms in total. The average Bonchev–Trinajstić information content (AvgIpc) is 3.22. The van der Waals surface area contributed by atoms with E-state index in [0.717, 1.165) is 18.4 Å². The van der Waals surface area contributed by atoms with Crippen LogP contribution in [0.1, 0.15) is 66.2 Å². The minimum absolute atomic E-state index is 0.106. The summed E-state index contributed by atoms with van der Waals surface area (Å²) in [4.78, 5) is 2.70. The molecule has 2 N–H and O–H groups in total. The Labute approximate surface area is 125 Å². The van der Waals surface area contributed by atoms with Crippen LogP contribution in [0, 0.1) is 5.92 Å². The van der Waals surface area contributed by atoms with Gasteiger partial charge in [0.1, 0.15) is 0 Å². The molecule has 0 heterocycles. The van der Waals surface area contributed by atoms with Crippen molar-refractivity contribution in [2.24, 2.45) is 5.92 Å². The molecule has 2 aliphatic carbocycles. The lowest BCUT2D eigenvalue weighted by atomic mass is 9.93. The second-order valence-corrected chi connectivity index (χ2v) is 7.84. The highest BCUT2D eigenvalue weighted by atomic mass is 16.3. The van der Waals surface area contributed by atoms with Crippen molar-refractivity contribution < 1.29 is 5.11 Å². The van der Waals surface area contributed by atoms with E-state index in [2.05, 4.69) is 37.9 Å². The lowest BCUT2D eigenvalue weighted by Crippen LogP contribution is -2.52. The van der Waals surface area contributed by atoms with Gasteiger partial charge in [-0.15, -0.1) is 0 Å². The van der Waals surface area contributed by atoms with Crippen molar-refractivity contribution in [2.75, 3.05) is 13.2 Å². The maximum absolute atomic E-state index is 9.78. The Morgan fingerprint density at radius 3 is 2.30 bits per heavy atom. The molecule has 0 saturated heterocycles. The largest absolute Gasteiger partial charge is 0.394 e. The molecule has 2 atom stereocenters. The van der Waals surface area contributed by atoms with Crippen LogP contribution in [0.5, 0.6) is 0 Å². The Morgan fingerprint density at radius 1 is 1.20 bits per heavy atom. The van der Waals surface area contributed by atoms with Gasteiger partial charge in [-0.25, -0.2) is 0 Å². The van der Waals surface area contributed by atoms with Crippen LogP contribution in [0.3, 0.4) is 0 Å². The van der Waals surface area contributed by atoms with Gasteiger partial charge in [0.15, 0.2) is 0 Å². The van der Waals surface area contributed by atoms with Crippen LogP contribution in [-0.4, -0.2) is 46.8 Å². The van der Waals surface area contributed by atoms with E-state index in [0.29, 0.717) is 12.1 Å². The number of hydrogen-bond donors (Lipinski definition) is 2. The number of rotatable bonds is 10. The van der Waals surface area contributed by atoms with Crippen LogP contribution < -0.4 is 5.32 Å².